The average Bonchev–Trinajstić information content (AvgIpc) is 2.35. The van der Waals surface area contributed by atoms with Crippen LogP contribution in [0.1, 0.15) is 31.9 Å². The van der Waals surface area contributed by atoms with Crippen molar-refractivity contribution in [1.29, 1.82) is 0 Å². The summed E-state index contributed by atoms with van der Waals surface area (Å²) in [5.74, 6) is 0.790. The molecule has 3 heteroatoms. The number of methoxy groups -OCH3 is 1. The van der Waals surface area contributed by atoms with E-state index in [0.717, 1.165) is 17.7 Å². The average molecular weight is 224 g/mol. The van der Waals surface area contributed by atoms with E-state index in [0.29, 0.717) is 6.61 Å². The number of benzene rings is 1. The lowest BCUT2D eigenvalue weighted by Crippen LogP contribution is -2.19. The van der Waals surface area contributed by atoms with E-state index >= 15 is 0 Å². The van der Waals surface area contributed by atoms with Gasteiger partial charge in [0.1, 0.15) is 11.9 Å². The van der Waals surface area contributed by atoms with Crippen LogP contribution in [0.4, 0.5) is 0 Å². The molecule has 16 heavy (non-hydrogen) atoms. The van der Waals surface area contributed by atoms with Crippen molar-refractivity contribution in [3.63, 3.8) is 0 Å². The highest BCUT2D eigenvalue weighted by atomic mass is 16.5. The summed E-state index contributed by atoms with van der Waals surface area (Å²) in [5, 5.41) is 10.0. The lowest BCUT2D eigenvalue weighted by Gasteiger charge is -2.19. The second kappa shape index (κ2) is 6.51. The zero-order valence-corrected chi connectivity index (χ0v) is 10.1. The van der Waals surface area contributed by atoms with Crippen molar-refractivity contribution in [2.24, 2.45) is 0 Å². The van der Waals surface area contributed by atoms with E-state index in [1.807, 2.05) is 38.1 Å². The van der Waals surface area contributed by atoms with Crippen LogP contribution in [0.3, 0.4) is 0 Å². The third kappa shape index (κ3) is 3.51. The highest BCUT2D eigenvalue weighted by Crippen LogP contribution is 2.21. The highest BCUT2D eigenvalue weighted by Gasteiger charge is 2.16. The van der Waals surface area contributed by atoms with E-state index in [2.05, 4.69) is 0 Å². The fourth-order valence-corrected chi connectivity index (χ4v) is 1.47. The topological polar surface area (TPSA) is 38.7 Å². The smallest absolute Gasteiger partial charge is 0.118 e. The van der Waals surface area contributed by atoms with E-state index in [4.69, 9.17) is 9.47 Å². The predicted octanol–water partition coefficient (Wildman–Crippen LogP) is 2.54. The van der Waals surface area contributed by atoms with Crippen molar-refractivity contribution in [2.45, 2.75) is 32.5 Å². The molecule has 0 heterocycles. The molecule has 1 N–H and O–H groups in total. The van der Waals surface area contributed by atoms with E-state index in [1.165, 1.54) is 0 Å². The molecule has 0 spiro atoms. The summed E-state index contributed by atoms with van der Waals surface area (Å²) in [5.41, 5.74) is 0.851. The number of ether oxygens (including phenoxy) is 2. The first-order valence-corrected chi connectivity index (χ1v) is 5.62. The summed E-state index contributed by atoms with van der Waals surface area (Å²) in [6, 6.07) is 7.39. The summed E-state index contributed by atoms with van der Waals surface area (Å²) in [4.78, 5) is 0. The molecule has 0 bridgehead atoms. The SMILES string of the molecule is CCCOC(C)C(O)c1ccc(OC)cc1. The number of hydrogen-bond donors (Lipinski definition) is 1. The summed E-state index contributed by atoms with van der Waals surface area (Å²) in [6.45, 7) is 4.60. The molecule has 1 rings (SSSR count). The molecule has 0 aliphatic carbocycles. The molecule has 0 fully saturated rings. The molecular weight excluding hydrogens is 204 g/mol. The molecular formula is C13H20O3. The first kappa shape index (κ1) is 13.0. The number of aliphatic hydroxyl groups is 1. The van der Waals surface area contributed by atoms with Crippen molar-refractivity contribution < 1.29 is 14.6 Å². The Hall–Kier alpha value is -1.06. The molecule has 0 amide bonds. The first-order valence-electron chi connectivity index (χ1n) is 5.62. The fourth-order valence-electron chi connectivity index (χ4n) is 1.47. The minimum Gasteiger partial charge on any atom is -0.497 e. The molecule has 0 radical (unpaired) electrons. The van der Waals surface area contributed by atoms with Gasteiger partial charge in [0, 0.05) is 6.61 Å². The summed E-state index contributed by atoms with van der Waals surface area (Å²) < 4.78 is 10.5. The van der Waals surface area contributed by atoms with Gasteiger partial charge in [0.25, 0.3) is 0 Å². The van der Waals surface area contributed by atoms with Gasteiger partial charge in [-0.3, -0.25) is 0 Å². The van der Waals surface area contributed by atoms with Crippen LogP contribution in [0.2, 0.25) is 0 Å². The second-order valence-corrected chi connectivity index (χ2v) is 3.79. The van der Waals surface area contributed by atoms with Gasteiger partial charge in [-0.2, -0.15) is 0 Å². The Morgan fingerprint density at radius 3 is 2.38 bits per heavy atom. The van der Waals surface area contributed by atoms with E-state index in [1.54, 1.807) is 7.11 Å². The third-order valence-electron chi connectivity index (χ3n) is 2.49. The molecule has 0 aromatic heterocycles. The Bertz CT molecular complexity index is 295. The van der Waals surface area contributed by atoms with Gasteiger partial charge in [-0.25, -0.2) is 0 Å². The Labute approximate surface area is 97.0 Å². The molecule has 0 aliphatic rings. The van der Waals surface area contributed by atoms with Crippen LogP contribution in [0, 0.1) is 0 Å². The number of rotatable bonds is 6. The van der Waals surface area contributed by atoms with Crippen molar-refractivity contribution >= 4 is 0 Å². The minimum atomic E-state index is -0.586. The number of hydrogen-bond acceptors (Lipinski definition) is 3. The Kier molecular flexibility index (Phi) is 5.29. The Balaban J connectivity index is 2.60. The van der Waals surface area contributed by atoms with Gasteiger partial charge in [0.05, 0.1) is 13.2 Å². The molecule has 3 nitrogen and oxygen atoms in total. The van der Waals surface area contributed by atoms with Crippen LogP contribution in [0.5, 0.6) is 5.75 Å². The van der Waals surface area contributed by atoms with Gasteiger partial charge in [-0.15, -0.1) is 0 Å². The van der Waals surface area contributed by atoms with Crippen LogP contribution in [-0.2, 0) is 4.74 Å². The van der Waals surface area contributed by atoms with Crippen LogP contribution in [0.15, 0.2) is 24.3 Å². The maximum absolute atomic E-state index is 10.0. The van der Waals surface area contributed by atoms with E-state index in [-0.39, 0.29) is 6.10 Å². The van der Waals surface area contributed by atoms with E-state index in [9.17, 15) is 5.11 Å². The standard InChI is InChI=1S/C13H20O3/c1-4-9-16-10(2)13(14)11-5-7-12(15-3)8-6-11/h5-8,10,13-14H,4,9H2,1-3H3. The summed E-state index contributed by atoms with van der Waals surface area (Å²) in [6.07, 6.45) is 0.186. The van der Waals surface area contributed by atoms with Crippen LogP contribution < -0.4 is 4.74 Å². The van der Waals surface area contributed by atoms with Crippen molar-refractivity contribution in [2.75, 3.05) is 13.7 Å². The zero-order chi connectivity index (χ0) is 12.0. The van der Waals surface area contributed by atoms with Gasteiger partial charge >= 0.3 is 0 Å². The van der Waals surface area contributed by atoms with Gasteiger partial charge in [-0.05, 0) is 31.0 Å². The molecule has 0 aliphatic heterocycles. The predicted molar refractivity (Wildman–Crippen MR) is 63.7 cm³/mol. The van der Waals surface area contributed by atoms with Crippen LogP contribution in [-0.4, -0.2) is 24.9 Å². The number of aliphatic hydroxyl groups excluding tert-OH is 1. The van der Waals surface area contributed by atoms with Gasteiger partial charge in [-0.1, -0.05) is 19.1 Å². The molecule has 0 saturated heterocycles. The summed E-state index contributed by atoms with van der Waals surface area (Å²) >= 11 is 0. The highest BCUT2D eigenvalue weighted by molar-refractivity contribution is 5.28. The Morgan fingerprint density at radius 1 is 1.25 bits per heavy atom. The molecule has 0 saturated carbocycles. The van der Waals surface area contributed by atoms with Crippen molar-refractivity contribution in [1.82, 2.24) is 0 Å². The summed E-state index contributed by atoms with van der Waals surface area (Å²) in [7, 11) is 1.62. The lowest BCUT2D eigenvalue weighted by molar-refractivity contribution is -0.0276. The van der Waals surface area contributed by atoms with Gasteiger partial charge in [0.2, 0.25) is 0 Å². The largest absolute Gasteiger partial charge is 0.497 e. The van der Waals surface area contributed by atoms with Crippen LogP contribution in [0.25, 0.3) is 0 Å². The first-order chi connectivity index (χ1) is 7.69. The molecule has 90 valence electrons. The normalized spacial score (nSPS) is 14.5. The second-order valence-electron chi connectivity index (χ2n) is 3.79. The van der Waals surface area contributed by atoms with Gasteiger partial charge < -0.3 is 14.6 Å². The van der Waals surface area contributed by atoms with Crippen molar-refractivity contribution in [3.05, 3.63) is 29.8 Å². The van der Waals surface area contributed by atoms with E-state index < -0.39 is 6.10 Å². The fraction of sp³-hybridized carbons (Fsp3) is 0.538. The molecule has 1 aromatic carbocycles. The molecule has 1 aromatic rings. The molecule has 2 atom stereocenters. The Morgan fingerprint density at radius 2 is 1.88 bits per heavy atom. The maximum Gasteiger partial charge on any atom is 0.118 e. The lowest BCUT2D eigenvalue weighted by atomic mass is 10.1. The van der Waals surface area contributed by atoms with Crippen molar-refractivity contribution in [3.8, 4) is 5.75 Å². The zero-order valence-electron chi connectivity index (χ0n) is 10.1. The quantitative estimate of drug-likeness (QED) is 0.807. The maximum atomic E-state index is 10.0. The van der Waals surface area contributed by atoms with Gasteiger partial charge in [0.15, 0.2) is 0 Å². The van der Waals surface area contributed by atoms with Crippen LogP contribution >= 0.6 is 0 Å². The monoisotopic (exact) mass is 224 g/mol. The third-order valence-corrected chi connectivity index (χ3v) is 2.49. The minimum absolute atomic E-state index is 0.187. The molecule has 2 unspecified atom stereocenters.